The summed E-state index contributed by atoms with van der Waals surface area (Å²) < 4.78 is 33.5. The Morgan fingerprint density at radius 1 is 1.00 bits per heavy atom. The Hall–Kier alpha value is -0.484. The number of hydrogen-bond acceptors (Lipinski definition) is 4. The van der Waals surface area contributed by atoms with Crippen molar-refractivity contribution < 1.29 is 26.8 Å². The molecule has 1 unspecified atom stereocenters. The van der Waals surface area contributed by atoms with Crippen LogP contribution in [0.2, 0.25) is 0 Å². The molecular weight excluding hydrogens is 567 g/mol. The first kappa shape index (κ1) is 40.0. The van der Waals surface area contributed by atoms with Gasteiger partial charge >= 0.3 is 23.1 Å². The van der Waals surface area contributed by atoms with Crippen molar-refractivity contribution in [3.05, 3.63) is 66.6 Å². The third-order valence-electron chi connectivity index (χ3n) is 4.55. The van der Waals surface area contributed by atoms with E-state index in [4.69, 9.17) is 1.37 Å². The van der Waals surface area contributed by atoms with Gasteiger partial charge in [0.15, 0.2) is 0 Å². The Morgan fingerprint density at radius 2 is 1.47 bits per heavy atom. The molecule has 0 aliphatic heterocycles. The van der Waals surface area contributed by atoms with Crippen molar-refractivity contribution in [3.63, 3.8) is 0 Å². The summed E-state index contributed by atoms with van der Waals surface area (Å²) in [5.74, 6) is 1.04. The van der Waals surface area contributed by atoms with Crippen LogP contribution in [0.15, 0.2) is 41.3 Å². The molecule has 0 bridgehead atoms. The first-order valence-electron chi connectivity index (χ1n) is 11.8. The van der Waals surface area contributed by atoms with Crippen molar-refractivity contribution in [2.24, 2.45) is 4.40 Å². The van der Waals surface area contributed by atoms with Crippen molar-refractivity contribution in [2.45, 2.75) is 91.5 Å². The molecule has 9 heteroatoms. The van der Waals surface area contributed by atoms with Gasteiger partial charge in [-0.2, -0.15) is 4.40 Å². The molecule has 0 saturated carbocycles. The molecule has 202 valence electrons. The van der Waals surface area contributed by atoms with E-state index in [0.29, 0.717) is 18.6 Å². The molecule has 0 spiro atoms. The van der Waals surface area contributed by atoms with E-state index in [1.165, 1.54) is 11.1 Å². The summed E-state index contributed by atoms with van der Waals surface area (Å²) in [6.45, 7) is 20.2. The molecule has 0 amide bonds. The van der Waals surface area contributed by atoms with Crippen molar-refractivity contribution in [1.82, 2.24) is 9.97 Å². The van der Waals surface area contributed by atoms with Crippen molar-refractivity contribution in [2.75, 3.05) is 5.75 Å². The van der Waals surface area contributed by atoms with Crippen LogP contribution in [0.25, 0.3) is 0 Å². The van der Waals surface area contributed by atoms with E-state index in [1.54, 1.807) is 31.7 Å². The fourth-order valence-corrected chi connectivity index (χ4v) is 4.15. The number of aryl methyl sites for hydroxylation is 2. The van der Waals surface area contributed by atoms with E-state index in [-0.39, 0.29) is 57.0 Å². The molecule has 2 rings (SSSR count). The van der Waals surface area contributed by atoms with Crippen LogP contribution in [0.1, 0.15) is 91.8 Å². The van der Waals surface area contributed by atoms with Crippen LogP contribution in [-0.2, 0) is 21.8 Å². The van der Waals surface area contributed by atoms with Crippen LogP contribution in [0.5, 0.6) is 0 Å². The maximum Gasteiger partial charge on any atom is 2.00 e. The molecule has 36 heavy (non-hydrogen) atoms. The molecule has 0 N–H and O–H groups in total. The number of hydrogen-bond donors (Lipinski definition) is 0. The summed E-state index contributed by atoms with van der Waals surface area (Å²) >= 11 is 0. The van der Waals surface area contributed by atoms with E-state index in [9.17, 15) is 8.42 Å². The summed E-state index contributed by atoms with van der Waals surface area (Å²) in [6.07, 6.45) is 8.79. The average Bonchev–Trinajstić information content (AvgIpc) is 2.73. The third-order valence-corrected chi connectivity index (χ3v) is 8.07. The Bertz CT molecular complexity index is 965. The van der Waals surface area contributed by atoms with Crippen LogP contribution in [0, 0.1) is 21.3 Å². The molecule has 3 atom stereocenters. The number of halogens is 1. The van der Waals surface area contributed by atoms with Gasteiger partial charge in [0.05, 0.1) is 4.75 Å². The summed E-state index contributed by atoms with van der Waals surface area (Å²) in [5.41, 5.74) is 4.43. The minimum atomic E-state index is -1.20. The number of aromatic nitrogens is 2. The predicted molar refractivity (Wildman–Crippen MR) is 158 cm³/mol. The second kappa shape index (κ2) is 20.5. The second-order valence-electron chi connectivity index (χ2n) is 9.59. The zero-order valence-electron chi connectivity index (χ0n) is 25.1. The van der Waals surface area contributed by atoms with Gasteiger partial charge in [0.2, 0.25) is 0 Å². The molecule has 2 heterocycles. The van der Waals surface area contributed by atoms with E-state index in [1.807, 2.05) is 66.8 Å². The average molecular weight is 614 g/mol. The van der Waals surface area contributed by atoms with Crippen LogP contribution in [0.3, 0.4) is 0 Å². The minimum Gasteiger partial charge on any atom is -1.00 e. The molecule has 0 fully saturated rings. The Labute approximate surface area is 254 Å². The zero-order valence-corrected chi connectivity index (χ0v) is 28.7. The van der Waals surface area contributed by atoms with Crippen LogP contribution < -0.4 is 17.0 Å². The van der Waals surface area contributed by atoms with E-state index < -0.39 is 21.8 Å². The fraction of sp³-hybridized carbons (Fsp3) is 0.556. The molecule has 0 aliphatic rings. The molecule has 2 aromatic heterocycles. The molecule has 0 radical (unpaired) electrons. The zero-order chi connectivity index (χ0) is 26.5. The van der Waals surface area contributed by atoms with Gasteiger partial charge in [-0.1, -0.05) is 20.7 Å². The normalized spacial score (nSPS) is 13.6. The Balaban J connectivity index is -0.000000248. The monoisotopic (exact) mass is 612 g/mol. The number of nitrogens with zero attached hydrogens (tertiary/aromatic N) is 3. The first-order valence-corrected chi connectivity index (χ1v) is 13.5. The van der Waals surface area contributed by atoms with Crippen LogP contribution >= 0.6 is 0 Å². The van der Waals surface area contributed by atoms with Gasteiger partial charge in [-0.3, -0.25) is 14.2 Å². The fourth-order valence-electron chi connectivity index (χ4n) is 2.50. The topological polar surface area (TPSA) is 72.3 Å². The number of rotatable bonds is 5. The molecule has 0 saturated heterocycles. The second-order valence-corrected chi connectivity index (χ2v) is 13.8. The van der Waals surface area contributed by atoms with Crippen LogP contribution in [-0.4, -0.2) is 62.9 Å². The molecule has 5 nitrogen and oxygen atoms in total. The smallest absolute Gasteiger partial charge is 1.00 e. The van der Waals surface area contributed by atoms with Crippen molar-refractivity contribution in [3.8, 4) is 0 Å². The van der Waals surface area contributed by atoms with Gasteiger partial charge in [0, 0.05) is 53.7 Å². The first-order chi connectivity index (χ1) is 15.6. The van der Waals surface area contributed by atoms with E-state index >= 15 is 0 Å². The van der Waals surface area contributed by atoms with Gasteiger partial charge in [-0.15, -0.1) is 0 Å². The van der Waals surface area contributed by atoms with E-state index in [2.05, 4.69) is 28.2 Å². The van der Waals surface area contributed by atoms with Gasteiger partial charge in [0.1, 0.15) is 11.0 Å². The quantitative estimate of drug-likeness (QED) is 0.295. The summed E-state index contributed by atoms with van der Waals surface area (Å²) in [6, 6.07) is 3.89. The summed E-state index contributed by atoms with van der Waals surface area (Å²) in [5, 5.41) is 0. The molecule has 2 aromatic rings. The third kappa shape index (κ3) is 16.4. The van der Waals surface area contributed by atoms with E-state index in [0.717, 1.165) is 11.1 Å². The molecule has 0 aliphatic carbocycles. The van der Waals surface area contributed by atoms with Crippen LogP contribution in [0.4, 0.5) is 0 Å². The maximum atomic E-state index is 12.1. The van der Waals surface area contributed by atoms with Gasteiger partial charge in [0.25, 0.3) is 0 Å². The number of pyridine rings is 2. The van der Waals surface area contributed by atoms with Gasteiger partial charge < -0.3 is 24.4 Å². The summed E-state index contributed by atoms with van der Waals surface area (Å²) in [7, 11) is -1.99. The SMILES string of the molecule is Cc1cnccc1C(C)C[S@@](=O)C(C)(C)C.Cc1cnccc1C=N[S@@](=O)C(C)(C)C.[2H]CC.[Br-].[CH3-].[Mg+2]. The van der Waals surface area contributed by atoms with Crippen molar-refractivity contribution >= 4 is 51.1 Å². The largest absolute Gasteiger partial charge is 2.00 e. The molecule has 0 aromatic carbocycles. The Kier molecular flexibility index (Phi) is 22.8. The van der Waals surface area contributed by atoms with Gasteiger partial charge in [-0.25, -0.2) is 4.21 Å². The van der Waals surface area contributed by atoms with Crippen molar-refractivity contribution in [1.29, 1.82) is 0 Å². The standard InChI is InChI=1S/C13H21NOS.C11H16N2OS.C2H6.CH3.BrH.Mg/c1-10-8-14-7-6-12(10)11(2)9-16(15)13(3,4)5;1-9-7-12-6-5-10(9)8-13-15(14)11(2,3)4;1-2;;;/h6-8,11H,9H2,1-5H3;5-8H,1-4H3;1-2H3;1H3;1H;/q;;;-1;;+2/p-1/t11?,16-;15-;;;;/m10..../s1/i;;1D;;;. The molecular formula is C27H46BrMgN3O2S2. The Morgan fingerprint density at radius 3 is 1.89 bits per heavy atom. The maximum absolute atomic E-state index is 12.1. The predicted octanol–water partition coefficient (Wildman–Crippen LogP) is 3.41. The minimum absolute atomic E-state index is 0. The summed E-state index contributed by atoms with van der Waals surface area (Å²) in [4.78, 5) is 8.06. The van der Waals surface area contributed by atoms with Gasteiger partial charge in [-0.05, 0) is 95.7 Å².